The molecule has 1 aliphatic carbocycles. The van der Waals surface area contributed by atoms with Crippen LogP contribution in [0.4, 0.5) is 11.5 Å². The van der Waals surface area contributed by atoms with Gasteiger partial charge in [0, 0.05) is 17.5 Å². The highest BCUT2D eigenvalue weighted by molar-refractivity contribution is 5.75. The zero-order valence-electron chi connectivity index (χ0n) is 12.7. The van der Waals surface area contributed by atoms with Crippen LogP contribution in [-0.4, -0.2) is 30.8 Å². The standard InChI is InChI=1S/C15H19N5O2/c1-15(2,14(21)22)20-8-10(7-18-20)19-13-11-5-3-4-6-12(11)16-9-17-13/h7-9H,3-6H2,1-2H3,(H,21,22)(H,16,17,19). The zero-order valence-corrected chi connectivity index (χ0v) is 12.7. The van der Waals surface area contributed by atoms with Gasteiger partial charge in [0.15, 0.2) is 5.54 Å². The van der Waals surface area contributed by atoms with Gasteiger partial charge in [0.2, 0.25) is 0 Å². The van der Waals surface area contributed by atoms with Crippen LogP contribution < -0.4 is 5.32 Å². The average molecular weight is 301 g/mol. The molecule has 0 bridgehead atoms. The number of nitrogens with one attached hydrogen (secondary N) is 1. The SMILES string of the molecule is CC(C)(C(=O)O)n1cc(Nc2ncnc3c2CCCC3)cn1. The Morgan fingerprint density at radius 3 is 2.86 bits per heavy atom. The van der Waals surface area contributed by atoms with Gasteiger partial charge >= 0.3 is 5.97 Å². The van der Waals surface area contributed by atoms with E-state index in [1.54, 1.807) is 32.6 Å². The van der Waals surface area contributed by atoms with Crippen molar-refractivity contribution in [2.24, 2.45) is 0 Å². The summed E-state index contributed by atoms with van der Waals surface area (Å²) in [7, 11) is 0. The quantitative estimate of drug-likeness (QED) is 0.898. The zero-order chi connectivity index (χ0) is 15.7. The maximum absolute atomic E-state index is 11.3. The summed E-state index contributed by atoms with van der Waals surface area (Å²) in [5.41, 5.74) is 1.88. The van der Waals surface area contributed by atoms with Crippen molar-refractivity contribution in [1.29, 1.82) is 0 Å². The molecule has 0 saturated carbocycles. The van der Waals surface area contributed by atoms with Gasteiger partial charge in [-0.15, -0.1) is 0 Å². The highest BCUT2D eigenvalue weighted by atomic mass is 16.4. The van der Waals surface area contributed by atoms with E-state index in [9.17, 15) is 9.90 Å². The van der Waals surface area contributed by atoms with Gasteiger partial charge in [-0.25, -0.2) is 14.8 Å². The van der Waals surface area contributed by atoms with Crippen LogP contribution in [0.1, 0.15) is 37.9 Å². The monoisotopic (exact) mass is 301 g/mol. The molecule has 0 aliphatic heterocycles. The lowest BCUT2D eigenvalue weighted by Crippen LogP contribution is -2.35. The number of carboxylic acid groups (broad SMARTS) is 1. The van der Waals surface area contributed by atoms with Crippen molar-refractivity contribution in [2.45, 2.75) is 45.1 Å². The maximum Gasteiger partial charge on any atom is 0.331 e. The normalized spacial score (nSPS) is 14.5. The third-order valence-corrected chi connectivity index (χ3v) is 4.07. The van der Waals surface area contributed by atoms with Crippen LogP contribution in [0, 0.1) is 0 Å². The molecule has 0 radical (unpaired) electrons. The minimum Gasteiger partial charge on any atom is -0.479 e. The molecule has 3 rings (SSSR count). The second-order valence-corrected chi connectivity index (χ2v) is 6.02. The van der Waals surface area contributed by atoms with Crippen LogP contribution in [0.15, 0.2) is 18.7 Å². The lowest BCUT2D eigenvalue weighted by atomic mass is 9.96. The van der Waals surface area contributed by atoms with E-state index >= 15 is 0 Å². The van der Waals surface area contributed by atoms with Gasteiger partial charge in [-0.2, -0.15) is 5.10 Å². The van der Waals surface area contributed by atoms with Crippen LogP contribution in [0.2, 0.25) is 0 Å². The summed E-state index contributed by atoms with van der Waals surface area (Å²) in [5.74, 6) is -0.140. The minimum atomic E-state index is -1.09. The van der Waals surface area contributed by atoms with E-state index in [-0.39, 0.29) is 0 Å². The summed E-state index contributed by atoms with van der Waals surface area (Å²) in [6.45, 7) is 3.22. The molecule has 7 heteroatoms. The molecule has 2 heterocycles. The molecule has 0 aromatic carbocycles. The van der Waals surface area contributed by atoms with E-state index in [4.69, 9.17) is 0 Å². The molecule has 0 amide bonds. The summed E-state index contributed by atoms with van der Waals surface area (Å²) in [5, 5.41) is 16.6. The summed E-state index contributed by atoms with van der Waals surface area (Å²) in [6, 6.07) is 0. The van der Waals surface area contributed by atoms with Crippen molar-refractivity contribution in [3.05, 3.63) is 30.0 Å². The van der Waals surface area contributed by atoms with Crippen molar-refractivity contribution in [1.82, 2.24) is 19.7 Å². The van der Waals surface area contributed by atoms with Gasteiger partial charge in [0.1, 0.15) is 12.1 Å². The molecule has 116 valence electrons. The first kappa shape index (κ1) is 14.5. The van der Waals surface area contributed by atoms with Crippen LogP contribution >= 0.6 is 0 Å². The number of hydrogen-bond acceptors (Lipinski definition) is 5. The Hall–Kier alpha value is -2.44. The first-order chi connectivity index (χ1) is 10.5. The fourth-order valence-electron chi connectivity index (χ4n) is 2.56. The fourth-order valence-corrected chi connectivity index (χ4v) is 2.56. The molecule has 0 unspecified atom stereocenters. The van der Waals surface area contributed by atoms with E-state index in [1.807, 2.05) is 0 Å². The number of aryl methyl sites for hydroxylation is 1. The van der Waals surface area contributed by atoms with E-state index < -0.39 is 11.5 Å². The van der Waals surface area contributed by atoms with Crippen LogP contribution in [0.5, 0.6) is 0 Å². The van der Waals surface area contributed by atoms with Gasteiger partial charge in [0.25, 0.3) is 0 Å². The van der Waals surface area contributed by atoms with Crippen LogP contribution in [-0.2, 0) is 23.2 Å². The summed E-state index contributed by atoms with van der Waals surface area (Å²) in [6.07, 6.45) is 9.12. The number of hydrogen-bond donors (Lipinski definition) is 2. The first-order valence-electron chi connectivity index (χ1n) is 7.37. The Morgan fingerprint density at radius 1 is 1.32 bits per heavy atom. The molecule has 0 fully saturated rings. The van der Waals surface area contributed by atoms with Gasteiger partial charge in [-0.3, -0.25) is 4.68 Å². The van der Waals surface area contributed by atoms with E-state index in [0.29, 0.717) is 0 Å². The van der Waals surface area contributed by atoms with Gasteiger partial charge in [-0.1, -0.05) is 0 Å². The Kier molecular flexibility index (Phi) is 3.56. The smallest absolute Gasteiger partial charge is 0.331 e. The number of carboxylic acids is 1. The first-order valence-corrected chi connectivity index (χ1v) is 7.37. The Morgan fingerprint density at radius 2 is 2.09 bits per heavy atom. The van der Waals surface area contributed by atoms with Crippen molar-refractivity contribution >= 4 is 17.5 Å². The molecule has 2 aromatic rings. The maximum atomic E-state index is 11.3. The molecule has 0 atom stereocenters. The van der Waals surface area contributed by atoms with Crippen molar-refractivity contribution in [3.8, 4) is 0 Å². The second kappa shape index (κ2) is 5.40. The molecule has 0 saturated heterocycles. The Bertz CT molecular complexity index is 708. The topological polar surface area (TPSA) is 92.9 Å². The third kappa shape index (κ3) is 2.54. The molecule has 22 heavy (non-hydrogen) atoms. The highest BCUT2D eigenvalue weighted by Crippen LogP contribution is 2.27. The molecular formula is C15H19N5O2. The van der Waals surface area contributed by atoms with Crippen molar-refractivity contribution in [2.75, 3.05) is 5.32 Å². The predicted octanol–water partition coefficient (Wildman–Crippen LogP) is 2.12. The van der Waals surface area contributed by atoms with E-state index in [1.165, 1.54) is 4.68 Å². The average Bonchev–Trinajstić information content (AvgIpc) is 2.97. The molecule has 1 aliphatic rings. The summed E-state index contributed by atoms with van der Waals surface area (Å²) in [4.78, 5) is 19.9. The molecule has 0 spiro atoms. The molecule has 7 nitrogen and oxygen atoms in total. The largest absolute Gasteiger partial charge is 0.479 e. The lowest BCUT2D eigenvalue weighted by molar-refractivity contribution is -0.146. The Labute approximate surface area is 128 Å². The van der Waals surface area contributed by atoms with Crippen LogP contribution in [0.25, 0.3) is 0 Å². The lowest BCUT2D eigenvalue weighted by Gasteiger charge is -2.19. The predicted molar refractivity (Wildman–Crippen MR) is 81.1 cm³/mol. The van der Waals surface area contributed by atoms with Crippen molar-refractivity contribution in [3.63, 3.8) is 0 Å². The number of carbonyl (C=O) groups is 1. The Balaban J connectivity index is 1.86. The second-order valence-electron chi connectivity index (χ2n) is 6.02. The number of rotatable bonds is 4. The molecular weight excluding hydrogens is 282 g/mol. The molecule has 2 N–H and O–H groups in total. The number of fused-ring (bicyclic) bond motifs is 1. The fraction of sp³-hybridized carbons (Fsp3) is 0.467. The number of aliphatic carboxylic acids is 1. The molecule has 2 aromatic heterocycles. The number of aromatic nitrogens is 4. The van der Waals surface area contributed by atoms with E-state index in [0.717, 1.165) is 48.4 Å². The van der Waals surface area contributed by atoms with Crippen molar-refractivity contribution < 1.29 is 9.90 Å². The summed E-state index contributed by atoms with van der Waals surface area (Å²) >= 11 is 0. The van der Waals surface area contributed by atoms with Gasteiger partial charge in [0.05, 0.1) is 11.9 Å². The number of anilines is 2. The van der Waals surface area contributed by atoms with E-state index in [2.05, 4.69) is 20.4 Å². The highest BCUT2D eigenvalue weighted by Gasteiger charge is 2.30. The number of nitrogens with zero attached hydrogens (tertiary/aromatic N) is 4. The third-order valence-electron chi connectivity index (χ3n) is 4.07. The van der Waals surface area contributed by atoms with Gasteiger partial charge in [-0.05, 0) is 39.5 Å². The van der Waals surface area contributed by atoms with Gasteiger partial charge < -0.3 is 10.4 Å². The van der Waals surface area contributed by atoms with Crippen LogP contribution in [0.3, 0.4) is 0 Å². The minimum absolute atomic E-state index is 0.723. The summed E-state index contributed by atoms with van der Waals surface area (Å²) < 4.78 is 1.44.